The van der Waals surface area contributed by atoms with Crippen molar-refractivity contribution in [3.8, 4) is 0 Å². The summed E-state index contributed by atoms with van der Waals surface area (Å²) in [6.07, 6.45) is 3.32. The van der Waals surface area contributed by atoms with Crippen molar-refractivity contribution in [3.05, 3.63) is 71.0 Å². The third kappa shape index (κ3) is 2.95. The van der Waals surface area contributed by atoms with Crippen LogP contribution in [0.3, 0.4) is 0 Å². The average Bonchev–Trinajstić information content (AvgIpc) is 3.15. The lowest BCUT2D eigenvalue weighted by atomic mass is 9.88. The van der Waals surface area contributed by atoms with Crippen molar-refractivity contribution in [2.45, 2.75) is 32.6 Å². The van der Waals surface area contributed by atoms with Crippen molar-refractivity contribution >= 4 is 0 Å². The maximum atomic E-state index is 14.1. The highest BCUT2D eigenvalue weighted by Crippen LogP contribution is 2.60. The number of allylic oxidation sites excluding steroid dienone is 2. The van der Waals surface area contributed by atoms with Gasteiger partial charge in [-0.2, -0.15) is 0 Å². The Kier molecular flexibility index (Phi) is 4.11. The van der Waals surface area contributed by atoms with Crippen molar-refractivity contribution < 1.29 is 8.78 Å². The van der Waals surface area contributed by atoms with Crippen molar-refractivity contribution in [2.24, 2.45) is 5.41 Å². The van der Waals surface area contributed by atoms with Crippen LogP contribution in [0.4, 0.5) is 8.78 Å². The average molecular weight is 316 g/mol. The maximum Gasteiger partial charge on any atom is 0.162 e. The molecule has 0 aromatic heterocycles. The molecular formula is C19H22F2N2. The van der Waals surface area contributed by atoms with Gasteiger partial charge in [-0.3, -0.25) is 0 Å². The molecule has 4 heteroatoms. The summed E-state index contributed by atoms with van der Waals surface area (Å²) < 4.78 is 27.6. The molecule has 122 valence electrons. The van der Waals surface area contributed by atoms with Gasteiger partial charge in [0.1, 0.15) is 0 Å². The minimum absolute atomic E-state index is 0.0977. The van der Waals surface area contributed by atoms with Crippen LogP contribution >= 0.6 is 0 Å². The molecule has 1 atom stereocenters. The number of halogens is 2. The van der Waals surface area contributed by atoms with E-state index in [1.165, 1.54) is 11.6 Å². The number of hydrogen-bond acceptors (Lipinski definition) is 2. The Hall–Kier alpha value is -1.94. The van der Waals surface area contributed by atoms with Crippen molar-refractivity contribution in [1.82, 2.24) is 10.9 Å². The fourth-order valence-corrected chi connectivity index (χ4v) is 3.64. The van der Waals surface area contributed by atoms with Gasteiger partial charge in [0.25, 0.3) is 0 Å². The van der Waals surface area contributed by atoms with E-state index in [1.807, 2.05) is 6.92 Å². The fraction of sp³-hybridized carbons (Fsp3) is 0.368. The van der Waals surface area contributed by atoms with Gasteiger partial charge in [-0.1, -0.05) is 30.9 Å². The second-order valence-electron chi connectivity index (χ2n) is 6.61. The third-order valence-electron chi connectivity index (χ3n) is 4.82. The van der Waals surface area contributed by atoms with Crippen LogP contribution in [-0.4, -0.2) is 6.54 Å². The molecule has 1 aliphatic heterocycles. The number of hydrazine groups is 1. The zero-order valence-corrected chi connectivity index (χ0v) is 13.4. The second-order valence-corrected chi connectivity index (χ2v) is 6.61. The van der Waals surface area contributed by atoms with Crippen LogP contribution in [0.5, 0.6) is 0 Å². The molecule has 3 rings (SSSR count). The summed E-state index contributed by atoms with van der Waals surface area (Å²) in [6, 6.07) is 4.42. The summed E-state index contributed by atoms with van der Waals surface area (Å²) in [4.78, 5) is 0. The van der Waals surface area contributed by atoms with E-state index < -0.39 is 11.6 Å². The van der Waals surface area contributed by atoms with E-state index in [9.17, 15) is 8.78 Å². The van der Waals surface area contributed by atoms with E-state index >= 15 is 0 Å². The lowest BCUT2D eigenvalue weighted by molar-refractivity contribution is 0.433. The van der Waals surface area contributed by atoms with Gasteiger partial charge < -0.3 is 5.43 Å². The molecule has 2 N–H and O–H groups in total. The van der Waals surface area contributed by atoms with E-state index in [-0.39, 0.29) is 5.41 Å². The van der Waals surface area contributed by atoms with Gasteiger partial charge in [-0.15, -0.1) is 0 Å². The van der Waals surface area contributed by atoms with E-state index in [4.69, 9.17) is 0 Å². The zero-order valence-electron chi connectivity index (χ0n) is 13.4. The highest BCUT2D eigenvalue weighted by atomic mass is 19.2. The largest absolute Gasteiger partial charge is 0.321 e. The Morgan fingerprint density at radius 2 is 2.13 bits per heavy atom. The Morgan fingerprint density at radius 1 is 1.35 bits per heavy atom. The molecule has 1 saturated carbocycles. The highest BCUT2D eigenvalue weighted by molar-refractivity contribution is 5.54. The molecule has 0 saturated heterocycles. The number of benzene rings is 1. The van der Waals surface area contributed by atoms with E-state index in [2.05, 4.69) is 24.0 Å². The first kappa shape index (κ1) is 15.9. The number of rotatable bonds is 3. The molecule has 0 bridgehead atoms. The number of hydrogen-bond donors (Lipinski definition) is 2. The molecule has 1 unspecified atom stereocenters. The minimum atomic E-state index is -0.777. The molecule has 1 aromatic carbocycles. The topological polar surface area (TPSA) is 24.1 Å². The summed E-state index contributed by atoms with van der Waals surface area (Å²) in [6.45, 7) is 10.9. The summed E-state index contributed by atoms with van der Waals surface area (Å²) >= 11 is 0. The molecule has 23 heavy (non-hydrogen) atoms. The summed E-state index contributed by atoms with van der Waals surface area (Å²) in [7, 11) is 0. The van der Waals surface area contributed by atoms with E-state index in [0.717, 1.165) is 42.7 Å². The van der Waals surface area contributed by atoms with Gasteiger partial charge in [0.05, 0.1) is 0 Å². The third-order valence-corrected chi connectivity index (χ3v) is 4.82. The molecule has 0 spiro atoms. The number of fused-ring (bicyclic) bond motifs is 1. The lowest BCUT2D eigenvalue weighted by Gasteiger charge is -2.16. The number of nitrogens with one attached hydrogen (secondary N) is 2. The minimum Gasteiger partial charge on any atom is -0.321 e. The molecular weight excluding hydrogens is 294 g/mol. The molecule has 0 radical (unpaired) electrons. The van der Waals surface area contributed by atoms with Gasteiger partial charge in [-0.05, 0) is 49.8 Å². The highest BCUT2D eigenvalue weighted by Gasteiger charge is 2.50. The monoisotopic (exact) mass is 316 g/mol. The summed E-state index contributed by atoms with van der Waals surface area (Å²) in [5, 5.41) is 0. The predicted molar refractivity (Wildman–Crippen MR) is 88.5 cm³/mol. The molecule has 1 fully saturated rings. The lowest BCUT2D eigenvalue weighted by Crippen LogP contribution is -2.32. The standard InChI is InChI=1S/C19H22F2N2/c1-12(2)17-13(3)23-22-9-5-8-19(11-15(17)19)10-14-6-4-7-16(20)18(14)21/h4,6-7,22-23H,1,3,5,8-11H2,2H3/b17-15-. The van der Waals surface area contributed by atoms with Crippen molar-refractivity contribution in [3.63, 3.8) is 0 Å². The van der Waals surface area contributed by atoms with Gasteiger partial charge in [0.2, 0.25) is 0 Å². The first-order chi connectivity index (χ1) is 10.9. The van der Waals surface area contributed by atoms with Crippen LogP contribution < -0.4 is 10.9 Å². The summed E-state index contributed by atoms with van der Waals surface area (Å²) in [5.41, 5.74) is 10.7. The van der Waals surface area contributed by atoms with Crippen molar-refractivity contribution in [2.75, 3.05) is 6.54 Å². The van der Waals surface area contributed by atoms with Crippen LogP contribution in [0.2, 0.25) is 0 Å². The fourth-order valence-electron chi connectivity index (χ4n) is 3.64. The molecule has 1 aliphatic carbocycles. The Bertz CT molecular complexity index is 705. The van der Waals surface area contributed by atoms with Crippen LogP contribution in [0, 0.1) is 17.0 Å². The van der Waals surface area contributed by atoms with E-state index in [1.54, 1.807) is 12.1 Å². The molecule has 1 heterocycles. The van der Waals surface area contributed by atoms with Gasteiger partial charge in [-0.25, -0.2) is 14.2 Å². The zero-order chi connectivity index (χ0) is 16.6. The molecule has 0 amide bonds. The van der Waals surface area contributed by atoms with Gasteiger partial charge in [0, 0.05) is 23.2 Å². The first-order valence-electron chi connectivity index (χ1n) is 7.95. The SMILES string of the molecule is C=C(C)/C1=C2\CC2(Cc2cccc(F)c2F)CCCNNC1=C. The first-order valence-corrected chi connectivity index (χ1v) is 7.95. The van der Waals surface area contributed by atoms with Crippen LogP contribution in [0.1, 0.15) is 31.7 Å². The van der Waals surface area contributed by atoms with Gasteiger partial charge in [0.15, 0.2) is 11.6 Å². The maximum absolute atomic E-state index is 14.1. The quantitative estimate of drug-likeness (QED) is 0.874. The smallest absolute Gasteiger partial charge is 0.162 e. The molecule has 1 aromatic rings. The van der Waals surface area contributed by atoms with Crippen LogP contribution in [0.15, 0.2) is 53.8 Å². The van der Waals surface area contributed by atoms with Crippen LogP contribution in [0.25, 0.3) is 0 Å². The normalized spacial score (nSPS) is 27.3. The van der Waals surface area contributed by atoms with Gasteiger partial charge >= 0.3 is 0 Å². The Labute approximate surface area is 135 Å². The summed E-state index contributed by atoms with van der Waals surface area (Å²) in [5.74, 6) is -1.50. The van der Waals surface area contributed by atoms with Crippen molar-refractivity contribution in [1.29, 1.82) is 0 Å². The molecule has 2 aliphatic rings. The predicted octanol–water partition coefficient (Wildman–Crippen LogP) is 4.17. The Balaban J connectivity index is 1.99. The Morgan fingerprint density at radius 3 is 2.87 bits per heavy atom. The van der Waals surface area contributed by atoms with Crippen LogP contribution in [-0.2, 0) is 6.42 Å². The molecule has 2 nitrogen and oxygen atoms in total. The second kappa shape index (κ2) is 5.93. The van der Waals surface area contributed by atoms with E-state index in [0.29, 0.717) is 12.0 Å².